The van der Waals surface area contributed by atoms with Crippen molar-refractivity contribution in [2.45, 2.75) is 56.9 Å². The summed E-state index contributed by atoms with van der Waals surface area (Å²) < 4.78 is 4.35. The molecule has 2 saturated carbocycles. The lowest BCUT2D eigenvalue weighted by molar-refractivity contribution is -0.145. The minimum absolute atomic E-state index is 0.00282. The van der Waals surface area contributed by atoms with E-state index in [9.17, 15) is 19.5 Å². The van der Waals surface area contributed by atoms with Crippen molar-refractivity contribution in [3.63, 3.8) is 0 Å². The average molecular weight is 463 g/mol. The first-order valence-corrected chi connectivity index (χ1v) is 11.0. The molecule has 0 saturated heterocycles. The summed E-state index contributed by atoms with van der Waals surface area (Å²) in [5.41, 5.74) is 0.843. The van der Waals surface area contributed by atoms with E-state index in [0.717, 1.165) is 24.8 Å². The van der Waals surface area contributed by atoms with Gasteiger partial charge in [0.05, 0.1) is 10.4 Å². The van der Waals surface area contributed by atoms with Crippen LogP contribution in [-0.4, -0.2) is 39.7 Å². The highest BCUT2D eigenvalue weighted by molar-refractivity contribution is 9.10. The van der Waals surface area contributed by atoms with Gasteiger partial charge in [-0.3, -0.25) is 14.4 Å². The van der Waals surface area contributed by atoms with E-state index in [1.165, 1.54) is 6.92 Å². The van der Waals surface area contributed by atoms with Crippen molar-refractivity contribution in [1.82, 2.24) is 0 Å². The number of aliphatic hydroxyl groups excluding tert-OH is 1. The van der Waals surface area contributed by atoms with E-state index in [4.69, 9.17) is 4.74 Å². The van der Waals surface area contributed by atoms with Gasteiger partial charge in [0.15, 0.2) is 18.2 Å². The number of esters is 1. The van der Waals surface area contributed by atoms with E-state index in [-0.39, 0.29) is 30.0 Å². The normalized spacial score (nSPS) is 42.9. The molecule has 1 N–H and O–H groups in total. The van der Waals surface area contributed by atoms with Gasteiger partial charge in [-0.1, -0.05) is 47.5 Å². The second-order valence-corrected chi connectivity index (χ2v) is 10.6. The Balaban J connectivity index is 1.68. The number of hydrogen-bond donors (Lipinski definition) is 1. The molecule has 0 aromatic heterocycles. The maximum Gasteiger partial charge on any atom is 0.303 e. The van der Waals surface area contributed by atoms with Crippen molar-refractivity contribution in [2.24, 2.45) is 22.7 Å². The summed E-state index contributed by atoms with van der Waals surface area (Å²) in [6.45, 7) is 5.20. The first kappa shape index (κ1) is 20.7. The second kappa shape index (κ2) is 6.74. The summed E-state index contributed by atoms with van der Waals surface area (Å²) in [6.07, 6.45) is 9.44. The van der Waals surface area contributed by atoms with Gasteiger partial charge in [0.25, 0.3) is 0 Å². The van der Waals surface area contributed by atoms with Crippen molar-refractivity contribution in [2.75, 3.05) is 6.61 Å². The molecule has 0 aromatic rings. The molecule has 2 fully saturated rings. The van der Waals surface area contributed by atoms with Crippen molar-refractivity contribution < 1.29 is 24.2 Å². The Morgan fingerprint density at radius 1 is 1.31 bits per heavy atom. The van der Waals surface area contributed by atoms with Crippen LogP contribution in [0, 0.1) is 22.7 Å². The standard InChI is InChI=1S/C23H27BrO5/c1-13(25)29-12-19(27)18-7-6-16-17-5-4-14-10-15(26)8-9-22(14,3)23(17,24)20(28)11-21(16,18)2/h7-10,16-17,20,28H,4-6,11-12H2,1-3H3/t16-,17-,20-,21-,22-,23-/m0/s1. The van der Waals surface area contributed by atoms with E-state index < -0.39 is 27.2 Å². The Bertz CT molecular complexity index is 886. The predicted octanol–water partition coefficient (Wildman–Crippen LogP) is 3.45. The largest absolute Gasteiger partial charge is 0.457 e. The summed E-state index contributed by atoms with van der Waals surface area (Å²) in [5, 5.41) is 11.4. The third-order valence-corrected chi connectivity index (χ3v) is 9.87. The molecule has 4 aliphatic carbocycles. The minimum Gasteiger partial charge on any atom is -0.457 e. The van der Waals surface area contributed by atoms with Gasteiger partial charge in [-0.15, -0.1) is 0 Å². The fraction of sp³-hybridized carbons (Fsp3) is 0.609. The Morgan fingerprint density at radius 2 is 2.03 bits per heavy atom. The first-order chi connectivity index (χ1) is 13.5. The Labute approximate surface area is 179 Å². The van der Waals surface area contributed by atoms with Crippen LogP contribution in [0.25, 0.3) is 0 Å². The highest BCUT2D eigenvalue weighted by atomic mass is 79.9. The van der Waals surface area contributed by atoms with Crippen LogP contribution < -0.4 is 0 Å². The number of Topliss-reactive ketones (excluding diaryl/α,β-unsaturated/α-hetero) is 1. The zero-order valence-corrected chi connectivity index (χ0v) is 18.6. The smallest absolute Gasteiger partial charge is 0.303 e. The number of carbonyl (C=O) groups is 3. The molecule has 0 amide bonds. The summed E-state index contributed by atoms with van der Waals surface area (Å²) in [4.78, 5) is 35.9. The zero-order chi connectivity index (χ0) is 21.2. The molecule has 0 heterocycles. The van der Waals surface area contributed by atoms with Crippen molar-refractivity contribution in [1.29, 1.82) is 0 Å². The monoisotopic (exact) mass is 462 g/mol. The maximum atomic E-state index is 12.8. The molecule has 6 atom stereocenters. The number of allylic oxidation sites excluding steroid dienone is 5. The number of ketones is 2. The molecule has 156 valence electrons. The van der Waals surface area contributed by atoms with E-state index in [1.807, 2.05) is 12.2 Å². The van der Waals surface area contributed by atoms with Crippen LogP contribution in [0.15, 0.2) is 35.5 Å². The van der Waals surface area contributed by atoms with Crippen LogP contribution in [-0.2, 0) is 19.1 Å². The molecule has 0 radical (unpaired) electrons. The molecule has 4 aliphatic rings. The molecule has 0 unspecified atom stereocenters. The summed E-state index contributed by atoms with van der Waals surface area (Å²) >= 11 is 3.99. The lowest BCUT2D eigenvalue weighted by Crippen LogP contribution is -2.65. The Morgan fingerprint density at radius 3 is 2.72 bits per heavy atom. The molecule has 6 heteroatoms. The van der Waals surface area contributed by atoms with Gasteiger partial charge in [0.1, 0.15) is 0 Å². The topological polar surface area (TPSA) is 80.7 Å². The van der Waals surface area contributed by atoms with Crippen molar-refractivity contribution >= 4 is 33.5 Å². The molecular weight excluding hydrogens is 436 g/mol. The van der Waals surface area contributed by atoms with Gasteiger partial charge in [0.2, 0.25) is 0 Å². The van der Waals surface area contributed by atoms with E-state index >= 15 is 0 Å². The number of halogens is 1. The van der Waals surface area contributed by atoms with Crippen LogP contribution in [0.4, 0.5) is 0 Å². The lowest BCUT2D eigenvalue weighted by Gasteiger charge is -2.63. The summed E-state index contributed by atoms with van der Waals surface area (Å²) in [6, 6.07) is 0. The average Bonchev–Trinajstić information content (AvgIpc) is 2.98. The van der Waals surface area contributed by atoms with Gasteiger partial charge in [0, 0.05) is 23.3 Å². The fourth-order valence-electron chi connectivity index (χ4n) is 6.46. The minimum atomic E-state index is -0.691. The van der Waals surface area contributed by atoms with Gasteiger partial charge in [-0.2, -0.15) is 0 Å². The van der Waals surface area contributed by atoms with Crippen LogP contribution >= 0.6 is 15.9 Å². The van der Waals surface area contributed by atoms with E-state index in [1.54, 1.807) is 12.2 Å². The maximum absolute atomic E-state index is 12.8. The molecular formula is C23H27BrO5. The van der Waals surface area contributed by atoms with Gasteiger partial charge in [-0.05, 0) is 49.7 Å². The van der Waals surface area contributed by atoms with Crippen LogP contribution in [0.3, 0.4) is 0 Å². The van der Waals surface area contributed by atoms with Gasteiger partial charge in [-0.25, -0.2) is 0 Å². The number of hydrogen-bond acceptors (Lipinski definition) is 5. The summed E-state index contributed by atoms with van der Waals surface area (Å²) in [7, 11) is 0. The number of alkyl halides is 1. The highest BCUT2D eigenvalue weighted by Crippen LogP contribution is 2.69. The number of carbonyl (C=O) groups excluding carboxylic acids is 3. The molecule has 0 bridgehead atoms. The summed E-state index contributed by atoms with van der Waals surface area (Å²) in [5.74, 6) is -0.300. The lowest BCUT2D eigenvalue weighted by atomic mass is 9.46. The number of rotatable bonds is 3. The molecule has 29 heavy (non-hydrogen) atoms. The van der Waals surface area contributed by atoms with Gasteiger partial charge < -0.3 is 9.84 Å². The Kier molecular flexibility index (Phi) is 4.82. The van der Waals surface area contributed by atoms with Crippen LogP contribution in [0.5, 0.6) is 0 Å². The van der Waals surface area contributed by atoms with E-state index in [0.29, 0.717) is 12.0 Å². The molecule has 0 spiro atoms. The SMILES string of the molecule is CC(=O)OCC(=O)C1=CC[C@H]2[C@@H]3CCC4=CC(=O)C=C[C@]4(C)[C@@]3(Br)[C@@H](O)C[C@]12C. The quantitative estimate of drug-likeness (QED) is 0.512. The number of fused-ring (bicyclic) bond motifs is 5. The first-order valence-electron chi connectivity index (χ1n) is 10.2. The zero-order valence-electron chi connectivity index (χ0n) is 17.0. The number of ether oxygens (including phenoxy) is 1. The number of aliphatic hydroxyl groups is 1. The molecule has 5 nitrogen and oxygen atoms in total. The van der Waals surface area contributed by atoms with Crippen molar-refractivity contribution in [3.05, 3.63) is 35.5 Å². The van der Waals surface area contributed by atoms with Crippen LogP contribution in [0.1, 0.15) is 46.5 Å². The predicted molar refractivity (Wildman–Crippen MR) is 111 cm³/mol. The van der Waals surface area contributed by atoms with Crippen molar-refractivity contribution in [3.8, 4) is 0 Å². The van der Waals surface area contributed by atoms with E-state index in [2.05, 4.69) is 29.8 Å². The molecule has 0 aromatic carbocycles. The third kappa shape index (κ3) is 2.78. The fourth-order valence-corrected chi connectivity index (χ4v) is 7.56. The van der Waals surface area contributed by atoms with Gasteiger partial charge >= 0.3 is 5.97 Å². The molecule has 0 aliphatic heterocycles. The Hall–Kier alpha value is -1.53. The third-order valence-electron chi connectivity index (χ3n) is 7.93. The second-order valence-electron chi connectivity index (χ2n) is 9.32. The molecule has 4 rings (SSSR count). The van der Waals surface area contributed by atoms with Crippen LogP contribution in [0.2, 0.25) is 0 Å². The highest BCUT2D eigenvalue weighted by Gasteiger charge is 2.67.